The lowest BCUT2D eigenvalue weighted by atomic mass is 9.90. The molecule has 1 saturated heterocycles. The van der Waals surface area contributed by atoms with Crippen LogP contribution in [0.5, 0.6) is 0 Å². The van der Waals surface area contributed by atoms with Crippen LogP contribution in [-0.2, 0) is 6.54 Å². The molecule has 2 nitrogen and oxygen atoms in total. The molecule has 0 spiro atoms. The molecule has 1 aromatic carbocycles. The zero-order chi connectivity index (χ0) is 14.8. The van der Waals surface area contributed by atoms with Gasteiger partial charge in [0.25, 0.3) is 0 Å². The number of piperazine rings is 1. The fourth-order valence-electron chi connectivity index (χ4n) is 2.84. The Bertz CT molecular complexity index is 444. The molecule has 0 saturated carbocycles. The normalized spacial score (nSPS) is 24.6. The summed E-state index contributed by atoms with van der Waals surface area (Å²) in [5.74, 6) is 0.716. The number of hydrogen-bond acceptors (Lipinski definition) is 2. The van der Waals surface area contributed by atoms with Crippen molar-refractivity contribution in [1.29, 1.82) is 0 Å². The van der Waals surface area contributed by atoms with Crippen LogP contribution in [0, 0.1) is 5.92 Å². The second-order valence-corrected chi connectivity index (χ2v) is 7.13. The van der Waals surface area contributed by atoms with E-state index in [1.54, 1.807) is 0 Å². The minimum absolute atomic E-state index is 0.187. The third-order valence-corrected chi connectivity index (χ3v) is 4.90. The summed E-state index contributed by atoms with van der Waals surface area (Å²) in [4.78, 5) is 2.59. The van der Waals surface area contributed by atoms with Crippen LogP contribution in [-0.4, -0.2) is 29.6 Å². The molecule has 0 radical (unpaired) electrons. The first kappa shape index (κ1) is 15.8. The molecule has 1 aromatic rings. The molecule has 0 aromatic heterocycles. The largest absolute Gasteiger partial charge is 0.311 e. The first-order valence-electron chi connectivity index (χ1n) is 7.65. The molecule has 2 atom stereocenters. The Morgan fingerprint density at radius 3 is 2.85 bits per heavy atom. The molecule has 2 rings (SSSR count). The van der Waals surface area contributed by atoms with Crippen LogP contribution in [0.1, 0.15) is 39.7 Å². The van der Waals surface area contributed by atoms with E-state index < -0.39 is 0 Å². The molecule has 0 aliphatic carbocycles. The van der Waals surface area contributed by atoms with Crippen molar-refractivity contribution in [3.8, 4) is 0 Å². The molecule has 2 unspecified atom stereocenters. The Morgan fingerprint density at radius 2 is 2.20 bits per heavy atom. The summed E-state index contributed by atoms with van der Waals surface area (Å²) < 4.78 is 0. The van der Waals surface area contributed by atoms with Gasteiger partial charge in [-0.25, -0.2) is 0 Å². The van der Waals surface area contributed by atoms with Gasteiger partial charge in [-0.2, -0.15) is 0 Å². The molecule has 1 aliphatic heterocycles. The van der Waals surface area contributed by atoms with Crippen molar-refractivity contribution in [3.05, 3.63) is 34.9 Å². The maximum atomic E-state index is 6.10. The van der Waals surface area contributed by atoms with Crippen LogP contribution >= 0.6 is 11.6 Å². The minimum atomic E-state index is 0.187. The van der Waals surface area contributed by atoms with Crippen LogP contribution in [0.4, 0.5) is 0 Å². The third kappa shape index (κ3) is 3.75. The van der Waals surface area contributed by atoms with Crippen molar-refractivity contribution in [1.82, 2.24) is 10.2 Å². The lowest BCUT2D eigenvalue weighted by molar-refractivity contribution is 0.0449. The van der Waals surface area contributed by atoms with Crippen molar-refractivity contribution >= 4 is 11.6 Å². The fraction of sp³-hybridized carbons (Fsp3) is 0.647. The van der Waals surface area contributed by atoms with Crippen LogP contribution in [0.3, 0.4) is 0 Å². The van der Waals surface area contributed by atoms with Gasteiger partial charge in [-0.3, -0.25) is 4.90 Å². The predicted octanol–water partition coefficient (Wildman–Crippen LogP) is 3.94. The number of halogens is 1. The van der Waals surface area contributed by atoms with E-state index in [-0.39, 0.29) is 5.54 Å². The van der Waals surface area contributed by atoms with Gasteiger partial charge in [0, 0.05) is 36.2 Å². The molecule has 1 fully saturated rings. The fourth-order valence-corrected chi connectivity index (χ4v) is 3.05. The Hall–Kier alpha value is -0.570. The van der Waals surface area contributed by atoms with Gasteiger partial charge in [0.1, 0.15) is 0 Å². The average molecular weight is 295 g/mol. The molecule has 0 amide bonds. The standard InChI is InChI=1S/C17H27ClN2/c1-5-13(2)16-11-20(17(3,4)12-19-16)10-14-7-6-8-15(18)9-14/h6-9,13,16,19H,5,10-12H2,1-4H3. The minimum Gasteiger partial charge on any atom is -0.311 e. The molecule has 1 aliphatic rings. The maximum Gasteiger partial charge on any atom is 0.0409 e. The van der Waals surface area contributed by atoms with E-state index in [1.165, 1.54) is 12.0 Å². The molecule has 0 bridgehead atoms. The highest BCUT2D eigenvalue weighted by Gasteiger charge is 2.35. The highest BCUT2D eigenvalue weighted by atomic mass is 35.5. The van der Waals surface area contributed by atoms with E-state index in [4.69, 9.17) is 11.6 Å². The van der Waals surface area contributed by atoms with Gasteiger partial charge >= 0.3 is 0 Å². The van der Waals surface area contributed by atoms with Gasteiger partial charge in [0.05, 0.1) is 0 Å². The van der Waals surface area contributed by atoms with E-state index in [2.05, 4.69) is 50.0 Å². The third-order valence-electron chi connectivity index (χ3n) is 4.66. The Balaban J connectivity index is 2.10. The number of hydrogen-bond donors (Lipinski definition) is 1. The molecule has 1 heterocycles. The topological polar surface area (TPSA) is 15.3 Å². The number of benzene rings is 1. The highest BCUT2D eigenvalue weighted by molar-refractivity contribution is 6.30. The lowest BCUT2D eigenvalue weighted by Gasteiger charge is -2.47. The van der Waals surface area contributed by atoms with Crippen molar-refractivity contribution in [2.45, 2.75) is 52.2 Å². The van der Waals surface area contributed by atoms with E-state index in [0.717, 1.165) is 24.7 Å². The molecule has 112 valence electrons. The molecule has 3 heteroatoms. The average Bonchev–Trinajstić information content (AvgIpc) is 2.40. The molecular weight excluding hydrogens is 268 g/mol. The number of nitrogens with zero attached hydrogens (tertiary/aromatic N) is 1. The summed E-state index contributed by atoms with van der Waals surface area (Å²) in [6.45, 7) is 12.4. The SMILES string of the molecule is CCC(C)C1CN(Cc2cccc(Cl)c2)C(C)(C)CN1. The van der Waals surface area contributed by atoms with E-state index >= 15 is 0 Å². The van der Waals surface area contributed by atoms with Crippen LogP contribution in [0.15, 0.2) is 24.3 Å². The smallest absolute Gasteiger partial charge is 0.0409 e. The van der Waals surface area contributed by atoms with Gasteiger partial charge in [0.15, 0.2) is 0 Å². The van der Waals surface area contributed by atoms with Gasteiger partial charge in [-0.1, -0.05) is 44.0 Å². The zero-order valence-electron chi connectivity index (χ0n) is 13.1. The number of nitrogens with one attached hydrogen (secondary N) is 1. The van der Waals surface area contributed by atoms with Crippen LogP contribution in [0.2, 0.25) is 5.02 Å². The van der Waals surface area contributed by atoms with Gasteiger partial charge in [-0.05, 0) is 37.5 Å². The molecule has 1 N–H and O–H groups in total. The molecular formula is C17H27ClN2. The lowest BCUT2D eigenvalue weighted by Crippen LogP contribution is -2.62. The van der Waals surface area contributed by atoms with Gasteiger partial charge in [0.2, 0.25) is 0 Å². The Kier molecular flexibility index (Phi) is 5.11. The quantitative estimate of drug-likeness (QED) is 0.905. The van der Waals surface area contributed by atoms with Gasteiger partial charge < -0.3 is 5.32 Å². The van der Waals surface area contributed by atoms with E-state index in [0.29, 0.717) is 12.0 Å². The predicted molar refractivity (Wildman–Crippen MR) is 87.2 cm³/mol. The first-order valence-corrected chi connectivity index (χ1v) is 8.03. The summed E-state index contributed by atoms with van der Waals surface area (Å²) in [5, 5.41) is 4.55. The van der Waals surface area contributed by atoms with E-state index in [9.17, 15) is 0 Å². The number of rotatable bonds is 4. The van der Waals surface area contributed by atoms with Crippen molar-refractivity contribution in [3.63, 3.8) is 0 Å². The zero-order valence-corrected chi connectivity index (χ0v) is 13.9. The summed E-state index contributed by atoms with van der Waals surface area (Å²) >= 11 is 6.10. The summed E-state index contributed by atoms with van der Waals surface area (Å²) in [6, 6.07) is 8.82. The van der Waals surface area contributed by atoms with Crippen molar-refractivity contribution in [2.24, 2.45) is 5.92 Å². The summed E-state index contributed by atoms with van der Waals surface area (Å²) in [6.07, 6.45) is 1.23. The maximum absolute atomic E-state index is 6.10. The second-order valence-electron chi connectivity index (χ2n) is 6.70. The summed E-state index contributed by atoms with van der Waals surface area (Å²) in [5.41, 5.74) is 1.49. The second kappa shape index (κ2) is 6.46. The monoisotopic (exact) mass is 294 g/mol. The Labute approximate surface area is 128 Å². The van der Waals surface area contributed by atoms with Crippen molar-refractivity contribution < 1.29 is 0 Å². The molecule has 20 heavy (non-hydrogen) atoms. The highest BCUT2D eigenvalue weighted by Crippen LogP contribution is 2.25. The van der Waals surface area contributed by atoms with Crippen molar-refractivity contribution in [2.75, 3.05) is 13.1 Å². The van der Waals surface area contributed by atoms with E-state index in [1.807, 2.05) is 12.1 Å². The van der Waals surface area contributed by atoms with Crippen LogP contribution in [0.25, 0.3) is 0 Å². The Morgan fingerprint density at radius 1 is 1.45 bits per heavy atom. The summed E-state index contributed by atoms with van der Waals surface area (Å²) in [7, 11) is 0. The van der Waals surface area contributed by atoms with Gasteiger partial charge in [-0.15, -0.1) is 0 Å². The first-order chi connectivity index (χ1) is 9.42. The van der Waals surface area contributed by atoms with Crippen LogP contribution < -0.4 is 5.32 Å².